The average molecular weight is 451 g/mol. The van der Waals surface area contributed by atoms with Crippen LogP contribution in [0.25, 0.3) is 10.8 Å². The zero-order valence-electron chi connectivity index (χ0n) is 19.0. The van der Waals surface area contributed by atoms with Crippen molar-refractivity contribution >= 4 is 22.9 Å². The van der Waals surface area contributed by atoms with Crippen LogP contribution in [0, 0.1) is 5.92 Å². The van der Waals surface area contributed by atoms with Gasteiger partial charge in [0.15, 0.2) is 11.5 Å². The van der Waals surface area contributed by atoms with Crippen LogP contribution in [-0.4, -0.2) is 19.2 Å². The van der Waals surface area contributed by atoms with Crippen LogP contribution in [0.4, 0.5) is 0 Å². The molecule has 0 aliphatic heterocycles. The lowest BCUT2D eigenvalue weighted by Gasteiger charge is -2.12. The summed E-state index contributed by atoms with van der Waals surface area (Å²) in [4.78, 5) is 12.4. The molecule has 2 atom stereocenters. The number of hydrazone groups is 1. The number of hydrogen-bond acceptors (Lipinski definition) is 4. The van der Waals surface area contributed by atoms with Gasteiger partial charge in [0.2, 0.25) is 5.91 Å². The third kappa shape index (κ3) is 4.79. The monoisotopic (exact) mass is 450 g/mol. The number of nitrogens with one attached hydrogen (secondary N) is 1. The minimum absolute atomic E-state index is 0.0149. The molecule has 1 fully saturated rings. The summed E-state index contributed by atoms with van der Waals surface area (Å²) in [6, 6.07) is 30.2. The summed E-state index contributed by atoms with van der Waals surface area (Å²) in [6.45, 7) is 0.436. The van der Waals surface area contributed by atoms with Gasteiger partial charge in [0, 0.05) is 5.92 Å². The molecular formula is C29H26N2O3. The molecule has 5 heteroatoms. The number of fused-ring (bicyclic) bond motifs is 1. The maximum Gasteiger partial charge on any atom is 0.243 e. The van der Waals surface area contributed by atoms with E-state index in [1.54, 1.807) is 13.3 Å². The van der Waals surface area contributed by atoms with Gasteiger partial charge in [-0.25, -0.2) is 5.43 Å². The quantitative estimate of drug-likeness (QED) is 0.277. The van der Waals surface area contributed by atoms with Crippen molar-refractivity contribution in [1.82, 2.24) is 5.43 Å². The summed E-state index contributed by atoms with van der Waals surface area (Å²) in [7, 11) is 1.61. The number of carbonyl (C=O) groups is 1. The minimum Gasteiger partial charge on any atom is -0.493 e. The van der Waals surface area contributed by atoms with Crippen molar-refractivity contribution in [2.45, 2.75) is 18.9 Å². The normalized spacial score (nSPS) is 17.0. The van der Waals surface area contributed by atoms with Gasteiger partial charge in [-0.2, -0.15) is 5.10 Å². The van der Waals surface area contributed by atoms with Crippen LogP contribution in [0.2, 0.25) is 0 Å². The molecule has 0 radical (unpaired) electrons. The summed E-state index contributed by atoms with van der Waals surface area (Å²) in [5.74, 6) is 1.49. The van der Waals surface area contributed by atoms with Crippen molar-refractivity contribution in [3.63, 3.8) is 0 Å². The first-order valence-electron chi connectivity index (χ1n) is 11.4. The molecule has 5 nitrogen and oxygen atoms in total. The van der Waals surface area contributed by atoms with Crippen molar-refractivity contribution in [3.05, 3.63) is 108 Å². The summed E-state index contributed by atoms with van der Waals surface area (Å²) in [5, 5.41) is 6.50. The number of rotatable bonds is 8. The maximum absolute atomic E-state index is 12.4. The van der Waals surface area contributed by atoms with E-state index in [1.807, 2.05) is 54.6 Å². The Morgan fingerprint density at radius 1 is 0.971 bits per heavy atom. The number of amides is 1. The van der Waals surface area contributed by atoms with Gasteiger partial charge in [-0.1, -0.05) is 72.8 Å². The lowest BCUT2D eigenvalue weighted by Crippen LogP contribution is -2.20. The first kappa shape index (κ1) is 21.7. The maximum atomic E-state index is 12.4. The number of nitrogens with zero attached hydrogens (tertiary/aromatic N) is 1. The number of benzene rings is 4. The largest absolute Gasteiger partial charge is 0.493 e. The van der Waals surface area contributed by atoms with Gasteiger partial charge < -0.3 is 9.47 Å². The van der Waals surface area contributed by atoms with E-state index in [0.717, 1.165) is 17.5 Å². The second kappa shape index (κ2) is 9.79. The predicted octanol–water partition coefficient (Wildman–Crippen LogP) is 5.68. The molecule has 1 saturated carbocycles. The molecule has 1 aliphatic carbocycles. The van der Waals surface area contributed by atoms with Gasteiger partial charge in [0.25, 0.3) is 0 Å². The van der Waals surface area contributed by atoms with Crippen LogP contribution in [0.3, 0.4) is 0 Å². The van der Waals surface area contributed by atoms with E-state index < -0.39 is 0 Å². The number of methoxy groups -OCH3 is 1. The third-order valence-corrected chi connectivity index (χ3v) is 6.19. The fraction of sp³-hybridized carbons (Fsp3) is 0.172. The molecule has 2 unspecified atom stereocenters. The summed E-state index contributed by atoms with van der Waals surface area (Å²) in [5.41, 5.74) is 5.79. The van der Waals surface area contributed by atoms with Crippen LogP contribution in [0.5, 0.6) is 11.5 Å². The molecule has 0 bridgehead atoms. The Kier molecular flexibility index (Phi) is 6.25. The van der Waals surface area contributed by atoms with Crippen molar-refractivity contribution in [2.75, 3.05) is 7.11 Å². The Morgan fingerprint density at radius 3 is 2.62 bits per heavy atom. The van der Waals surface area contributed by atoms with Gasteiger partial charge >= 0.3 is 0 Å². The SMILES string of the molecule is COc1cc(/C=N/NC(=O)C2CC2c2ccccc2)ccc1OCc1cccc2ccccc12. The number of ether oxygens (including phenoxy) is 2. The zero-order valence-corrected chi connectivity index (χ0v) is 19.0. The summed E-state index contributed by atoms with van der Waals surface area (Å²) >= 11 is 0. The zero-order chi connectivity index (χ0) is 23.3. The standard InChI is InChI=1S/C29H26N2O3/c1-33-28-16-20(18-30-31-29(32)26-17-25(26)22-8-3-2-4-9-22)14-15-27(28)34-19-23-12-7-11-21-10-5-6-13-24(21)23/h2-16,18,25-26H,17,19H2,1H3,(H,31,32)/b30-18+. The van der Waals surface area contributed by atoms with Crippen molar-refractivity contribution < 1.29 is 14.3 Å². The van der Waals surface area contributed by atoms with Crippen LogP contribution in [0.15, 0.2) is 96.1 Å². The molecule has 1 N–H and O–H groups in total. The molecule has 170 valence electrons. The molecule has 0 saturated heterocycles. The fourth-order valence-electron chi connectivity index (χ4n) is 4.26. The molecule has 1 amide bonds. The smallest absolute Gasteiger partial charge is 0.243 e. The predicted molar refractivity (Wildman–Crippen MR) is 134 cm³/mol. The van der Waals surface area contributed by atoms with E-state index in [-0.39, 0.29) is 17.7 Å². The molecule has 5 rings (SSSR count). The van der Waals surface area contributed by atoms with Crippen LogP contribution < -0.4 is 14.9 Å². The highest BCUT2D eigenvalue weighted by atomic mass is 16.5. The first-order chi connectivity index (χ1) is 16.7. The molecule has 1 aliphatic rings. The van der Waals surface area contributed by atoms with Gasteiger partial charge in [-0.05, 0) is 58.0 Å². The highest BCUT2D eigenvalue weighted by Gasteiger charge is 2.43. The number of carbonyl (C=O) groups excluding carboxylic acids is 1. The van der Waals surface area contributed by atoms with E-state index >= 15 is 0 Å². The second-order valence-corrected chi connectivity index (χ2v) is 8.43. The van der Waals surface area contributed by atoms with Crippen molar-refractivity contribution in [1.29, 1.82) is 0 Å². The minimum atomic E-state index is -0.0490. The van der Waals surface area contributed by atoms with Crippen LogP contribution >= 0.6 is 0 Å². The third-order valence-electron chi connectivity index (χ3n) is 6.19. The van der Waals surface area contributed by atoms with Crippen LogP contribution in [-0.2, 0) is 11.4 Å². The molecule has 0 aromatic heterocycles. The fourth-order valence-corrected chi connectivity index (χ4v) is 4.26. The molecule has 4 aromatic rings. The topological polar surface area (TPSA) is 59.9 Å². The van der Waals surface area contributed by atoms with Gasteiger partial charge in [0.1, 0.15) is 6.61 Å². The Morgan fingerprint density at radius 2 is 1.76 bits per heavy atom. The molecule has 4 aromatic carbocycles. The van der Waals surface area contributed by atoms with Gasteiger partial charge in [-0.15, -0.1) is 0 Å². The van der Waals surface area contributed by atoms with E-state index in [4.69, 9.17) is 9.47 Å². The molecule has 0 spiro atoms. The van der Waals surface area contributed by atoms with Gasteiger partial charge in [0.05, 0.1) is 13.3 Å². The van der Waals surface area contributed by atoms with E-state index in [0.29, 0.717) is 18.1 Å². The second-order valence-electron chi connectivity index (χ2n) is 8.43. The Labute approximate surface area is 199 Å². The van der Waals surface area contributed by atoms with Gasteiger partial charge in [-0.3, -0.25) is 4.79 Å². The number of hydrogen-bond donors (Lipinski definition) is 1. The van der Waals surface area contributed by atoms with E-state index in [9.17, 15) is 4.79 Å². The Bertz CT molecular complexity index is 1330. The van der Waals surface area contributed by atoms with Crippen LogP contribution in [0.1, 0.15) is 29.0 Å². The lowest BCUT2D eigenvalue weighted by molar-refractivity contribution is -0.122. The van der Waals surface area contributed by atoms with Crippen molar-refractivity contribution in [2.24, 2.45) is 11.0 Å². The lowest BCUT2D eigenvalue weighted by atomic mass is 10.1. The molecular weight excluding hydrogens is 424 g/mol. The Hall–Kier alpha value is -4.12. The van der Waals surface area contributed by atoms with E-state index in [2.05, 4.69) is 46.9 Å². The van der Waals surface area contributed by atoms with E-state index in [1.165, 1.54) is 16.3 Å². The van der Waals surface area contributed by atoms with Crippen molar-refractivity contribution in [3.8, 4) is 11.5 Å². The molecule has 34 heavy (non-hydrogen) atoms. The Balaban J connectivity index is 1.20. The summed E-state index contributed by atoms with van der Waals surface area (Å²) in [6.07, 6.45) is 2.48. The average Bonchev–Trinajstić information content (AvgIpc) is 3.69. The first-order valence-corrected chi connectivity index (χ1v) is 11.4. The highest BCUT2D eigenvalue weighted by Crippen LogP contribution is 2.47. The highest BCUT2D eigenvalue weighted by molar-refractivity contribution is 5.86. The summed E-state index contributed by atoms with van der Waals surface area (Å²) < 4.78 is 11.6. The molecule has 0 heterocycles.